The van der Waals surface area contributed by atoms with E-state index in [0.29, 0.717) is 0 Å². The number of nitrogens with zero attached hydrogens (tertiary/aromatic N) is 1. The van der Waals surface area contributed by atoms with Gasteiger partial charge in [0.05, 0.1) is 0 Å². The lowest BCUT2D eigenvalue weighted by molar-refractivity contribution is 0.214. The molecule has 1 aliphatic heterocycles. The first-order chi connectivity index (χ1) is 9.26. The molecule has 0 aromatic rings. The van der Waals surface area contributed by atoms with E-state index in [1.807, 2.05) is 0 Å². The molecule has 0 spiro atoms. The summed E-state index contributed by atoms with van der Waals surface area (Å²) in [6.45, 7) is 10.8. The van der Waals surface area contributed by atoms with E-state index in [-0.39, 0.29) is 0 Å². The predicted octanol–water partition coefficient (Wildman–Crippen LogP) is 3.67. The molecule has 0 aromatic heterocycles. The summed E-state index contributed by atoms with van der Waals surface area (Å²) in [5.41, 5.74) is 0. The van der Waals surface area contributed by atoms with Crippen molar-refractivity contribution in [2.45, 2.75) is 77.8 Å². The Bertz CT molecular complexity index is 236. The minimum absolute atomic E-state index is 0.766. The summed E-state index contributed by atoms with van der Waals surface area (Å²) in [4.78, 5) is 2.69. The van der Waals surface area contributed by atoms with Gasteiger partial charge in [-0.2, -0.15) is 0 Å². The molecule has 1 aliphatic carbocycles. The topological polar surface area (TPSA) is 15.3 Å². The van der Waals surface area contributed by atoms with Crippen LogP contribution in [0.1, 0.15) is 65.7 Å². The van der Waals surface area contributed by atoms with Gasteiger partial charge in [0.25, 0.3) is 0 Å². The Kier molecular flexibility index (Phi) is 6.15. The maximum absolute atomic E-state index is 3.93. The molecule has 19 heavy (non-hydrogen) atoms. The number of hydrogen-bond acceptors (Lipinski definition) is 2. The highest BCUT2D eigenvalue weighted by Crippen LogP contribution is 2.33. The van der Waals surface area contributed by atoms with Gasteiger partial charge in [-0.05, 0) is 37.6 Å². The van der Waals surface area contributed by atoms with Crippen molar-refractivity contribution in [1.29, 1.82) is 0 Å². The van der Waals surface area contributed by atoms with Crippen LogP contribution in [0.15, 0.2) is 0 Å². The summed E-state index contributed by atoms with van der Waals surface area (Å²) in [5, 5.41) is 3.93. The molecular formula is C17H34N2. The number of nitrogens with one attached hydrogen (secondary N) is 1. The monoisotopic (exact) mass is 266 g/mol. The maximum Gasteiger partial charge on any atom is 0.0200 e. The molecule has 0 bridgehead atoms. The second-order valence-corrected chi connectivity index (χ2v) is 6.79. The summed E-state index contributed by atoms with van der Waals surface area (Å²) < 4.78 is 0. The summed E-state index contributed by atoms with van der Waals surface area (Å²) >= 11 is 0. The van der Waals surface area contributed by atoms with E-state index < -0.39 is 0 Å². The van der Waals surface area contributed by atoms with Crippen LogP contribution in [0.3, 0.4) is 0 Å². The zero-order chi connectivity index (χ0) is 13.7. The first-order valence-electron chi connectivity index (χ1n) is 8.75. The first-order valence-corrected chi connectivity index (χ1v) is 8.75. The predicted molar refractivity (Wildman–Crippen MR) is 83.5 cm³/mol. The van der Waals surface area contributed by atoms with Gasteiger partial charge in [-0.3, -0.25) is 0 Å². The zero-order valence-corrected chi connectivity index (χ0v) is 13.3. The summed E-state index contributed by atoms with van der Waals surface area (Å²) in [7, 11) is 0. The Morgan fingerprint density at radius 2 is 1.84 bits per heavy atom. The van der Waals surface area contributed by atoms with Gasteiger partial charge >= 0.3 is 0 Å². The van der Waals surface area contributed by atoms with Crippen molar-refractivity contribution in [3.05, 3.63) is 0 Å². The summed E-state index contributed by atoms with van der Waals surface area (Å²) in [6, 6.07) is 1.62. The Morgan fingerprint density at radius 3 is 2.47 bits per heavy atom. The quantitative estimate of drug-likeness (QED) is 0.756. The van der Waals surface area contributed by atoms with Crippen molar-refractivity contribution in [3.8, 4) is 0 Å². The maximum atomic E-state index is 3.93. The van der Waals surface area contributed by atoms with Crippen LogP contribution in [0.2, 0.25) is 0 Å². The fraction of sp³-hybridized carbons (Fsp3) is 1.00. The van der Waals surface area contributed by atoms with E-state index in [1.54, 1.807) is 0 Å². The molecule has 2 nitrogen and oxygen atoms in total. The first kappa shape index (κ1) is 15.3. The van der Waals surface area contributed by atoms with Gasteiger partial charge in [0.2, 0.25) is 0 Å². The third-order valence-electron chi connectivity index (χ3n) is 5.54. The van der Waals surface area contributed by atoms with Crippen LogP contribution in [0.5, 0.6) is 0 Å². The van der Waals surface area contributed by atoms with E-state index in [1.165, 1.54) is 64.6 Å². The third-order valence-corrected chi connectivity index (χ3v) is 5.54. The van der Waals surface area contributed by atoms with Gasteiger partial charge in [-0.15, -0.1) is 0 Å². The second kappa shape index (κ2) is 7.64. The molecular weight excluding hydrogens is 232 g/mol. The van der Waals surface area contributed by atoms with Crippen LogP contribution in [0.4, 0.5) is 0 Å². The van der Waals surface area contributed by atoms with Crippen molar-refractivity contribution in [2.75, 3.05) is 19.6 Å². The second-order valence-electron chi connectivity index (χ2n) is 6.79. The van der Waals surface area contributed by atoms with Crippen molar-refractivity contribution >= 4 is 0 Å². The van der Waals surface area contributed by atoms with E-state index >= 15 is 0 Å². The van der Waals surface area contributed by atoms with Crippen LogP contribution in [0, 0.1) is 11.8 Å². The third kappa shape index (κ3) is 4.19. The molecule has 2 rings (SSSR count). The molecule has 0 aromatic carbocycles. The zero-order valence-electron chi connectivity index (χ0n) is 13.3. The number of likely N-dealkylation sites (N-methyl/N-ethyl adjacent to an activating group) is 1. The van der Waals surface area contributed by atoms with Gasteiger partial charge < -0.3 is 10.2 Å². The minimum Gasteiger partial charge on any atom is -0.310 e. The Balaban J connectivity index is 1.78. The lowest BCUT2D eigenvalue weighted by Crippen LogP contribution is -2.42. The molecule has 0 amide bonds. The molecule has 1 heterocycles. The van der Waals surface area contributed by atoms with Crippen molar-refractivity contribution in [1.82, 2.24) is 10.2 Å². The lowest BCUT2D eigenvalue weighted by Gasteiger charge is -2.28. The van der Waals surface area contributed by atoms with E-state index in [2.05, 4.69) is 31.0 Å². The van der Waals surface area contributed by atoms with Gasteiger partial charge in [-0.25, -0.2) is 0 Å². The molecule has 112 valence electrons. The molecule has 3 unspecified atom stereocenters. The minimum atomic E-state index is 0.766. The van der Waals surface area contributed by atoms with E-state index in [4.69, 9.17) is 0 Å². The highest BCUT2D eigenvalue weighted by molar-refractivity contribution is 4.94. The van der Waals surface area contributed by atoms with E-state index in [0.717, 1.165) is 23.9 Å². The number of rotatable bonds is 7. The molecule has 1 saturated carbocycles. The Labute approximate surface area is 120 Å². The van der Waals surface area contributed by atoms with Crippen molar-refractivity contribution < 1.29 is 0 Å². The highest BCUT2D eigenvalue weighted by atomic mass is 15.2. The largest absolute Gasteiger partial charge is 0.310 e. The van der Waals surface area contributed by atoms with Gasteiger partial charge in [0, 0.05) is 25.2 Å². The average Bonchev–Trinajstić information content (AvgIpc) is 2.85. The molecule has 1 saturated heterocycles. The SMILES string of the molecule is CCC(CC)CN(CC)CC1CC2CCCCC2N1. The normalized spacial score (nSPS) is 31.1. The highest BCUT2D eigenvalue weighted by Gasteiger charge is 2.35. The van der Waals surface area contributed by atoms with Crippen LogP contribution < -0.4 is 5.32 Å². The molecule has 3 atom stereocenters. The number of fused-ring (bicyclic) bond motifs is 1. The number of hydrogen-bond donors (Lipinski definition) is 1. The van der Waals surface area contributed by atoms with Crippen LogP contribution in [0.25, 0.3) is 0 Å². The van der Waals surface area contributed by atoms with Crippen molar-refractivity contribution in [3.63, 3.8) is 0 Å². The van der Waals surface area contributed by atoms with Gasteiger partial charge in [-0.1, -0.05) is 46.5 Å². The Morgan fingerprint density at radius 1 is 1.11 bits per heavy atom. The van der Waals surface area contributed by atoms with Gasteiger partial charge in [0.1, 0.15) is 0 Å². The molecule has 2 fully saturated rings. The molecule has 2 aliphatic rings. The Hall–Kier alpha value is -0.0800. The van der Waals surface area contributed by atoms with Gasteiger partial charge in [0.15, 0.2) is 0 Å². The average molecular weight is 266 g/mol. The van der Waals surface area contributed by atoms with Crippen LogP contribution in [-0.2, 0) is 0 Å². The fourth-order valence-electron chi connectivity index (χ4n) is 4.13. The van der Waals surface area contributed by atoms with E-state index in [9.17, 15) is 0 Å². The van der Waals surface area contributed by atoms with Crippen LogP contribution >= 0.6 is 0 Å². The standard InChI is InChI=1S/C17H34N2/c1-4-14(5-2)12-19(6-3)13-16-11-15-9-7-8-10-17(15)18-16/h14-18H,4-13H2,1-3H3. The summed E-state index contributed by atoms with van der Waals surface area (Å²) in [5.74, 6) is 1.88. The van der Waals surface area contributed by atoms with Crippen molar-refractivity contribution in [2.24, 2.45) is 11.8 Å². The molecule has 2 heteroatoms. The molecule has 1 N–H and O–H groups in total. The molecule has 0 radical (unpaired) electrons. The smallest absolute Gasteiger partial charge is 0.0200 e. The summed E-state index contributed by atoms with van der Waals surface area (Å²) in [6.07, 6.45) is 9.93. The lowest BCUT2D eigenvalue weighted by atomic mass is 9.85. The fourth-order valence-corrected chi connectivity index (χ4v) is 4.13. The van der Waals surface area contributed by atoms with Crippen LogP contribution in [-0.4, -0.2) is 36.6 Å².